The molecule has 136 valence electrons. The smallest absolute Gasteiger partial charge is 0.269 e. The largest absolute Gasteiger partial charge is 0.365 e. The van der Waals surface area contributed by atoms with Gasteiger partial charge >= 0.3 is 0 Å². The molecule has 0 saturated carbocycles. The second-order valence-corrected chi connectivity index (χ2v) is 7.45. The summed E-state index contributed by atoms with van der Waals surface area (Å²) in [6, 6.07) is 5.32. The second kappa shape index (κ2) is 7.25. The molecule has 0 aliphatic heterocycles. The lowest BCUT2D eigenvalue weighted by Gasteiger charge is -2.20. The maximum atomic E-state index is 12.5. The Balaban J connectivity index is 1.87. The zero-order chi connectivity index (χ0) is 18.8. The molecule has 3 rings (SSSR count). The zero-order valence-electron chi connectivity index (χ0n) is 14.3. The van der Waals surface area contributed by atoms with Crippen molar-refractivity contribution in [3.05, 3.63) is 55.9 Å². The average molecular weight is 373 g/mol. The Morgan fingerprint density at radius 1 is 1.35 bits per heavy atom. The summed E-state index contributed by atoms with van der Waals surface area (Å²) < 4.78 is 0. The molecule has 26 heavy (non-hydrogen) atoms. The second-order valence-electron chi connectivity index (χ2n) is 6.35. The van der Waals surface area contributed by atoms with E-state index in [9.17, 15) is 19.7 Å². The van der Waals surface area contributed by atoms with Crippen LogP contribution in [0.25, 0.3) is 0 Å². The molecule has 8 heteroatoms. The minimum absolute atomic E-state index is 0.0865. The van der Waals surface area contributed by atoms with Crippen LogP contribution < -0.4 is 11.1 Å². The molecule has 1 aliphatic rings. The summed E-state index contributed by atoms with van der Waals surface area (Å²) in [5.74, 6) is -0.385. The Morgan fingerprint density at radius 2 is 2.04 bits per heavy atom. The first-order valence-corrected chi connectivity index (χ1v) is 9.22. The van der Waals surface area contributed by atoms with Gasteiger partial charge in [-0.3, -0.25) is 19.7 Å². The van der Waals surface area contributed by atoms with Gasteiger partial charge in [0, 0.05) is 22.6 Å². The van der Waals surface area contributed by atoms with Gasteiger partial charge in [-0.1, -0.05) is 13.3 Å². The fourth-order valence-electron chi connectivity index (χ4n) is 3.26. The van der Waals surface area contributed by atoms with Crippen LogP contribution in [0.2, 0.25) is 0 Å². The zero-order valence-corrected chi connectivity index (χ0v) is 15.1. The van der Waals surface area contributed by atoms with E-state index in [1.54, 1.807) is 0 Å². The summed E-state index contributed by atoms with van der Waals surface area (Å²) >= 11 is 1.40. The van der Waals surface area contributed by atoms with Crippen LogP contribution in [0, 0.1) is 16.0 Å². The minimum Gasteiger partial charge on any atom is -0.365 e. The number of nitro benzene ring substituents is 1. The van der Waals surface area contributed by atoms with Crippen molar-refractivity contribution in [3.8, 4) is 0 Å². The standard InChI is InChI=1S/C18H19N3O4S/c1-2-10-3-8-13-14(9-10)26-18(15(13)16(19)22)20-17(23)11-4-6-12(7-5-11)21(24)25/h4-7,10H,2-3,8-9H2,1H3,(H2,19,22)(H,20,23). The predicted molar refractivity (Wildman–Crippen MR) is 99.7 cm³/mol. The van der Waals surface area contributed by atoms with Crippen molar-refractivity contribution in [2.45, 2.75) is 32.6 Å². The van der Waals surface area contributed by atoms with Crippen LogP contribution in [0.1, 0.15) is 50.9 Å². The first-order valence-electron chi connectivity index (χ1n) is 8.40. The van der Waals surface area contributed by atoms with E-state index in [1.165, 1.54) is 35.6 Å². The number of benzene rings is 1. The lowest BCUT2D eigenvalue weighted by atomic mass is 9.85. The van der Waals surface area contributed by atoms with Crippen molar-refractivity contribution in [1.29, 1.82) is 0 Å². The third kappa shape index (κ3) is 3.45. The Morgan fingerprint density at radius 3 is 2.62 bits per heavy atom. The summed E-state index contributed by atoms with van der Waals surface area (Å²) in [5.41, 5.74) is 7.10. The van der Waals surface area contributed by atoms with Crippen molar-refractivity contribution in [1.82, 2.24) is 0 Å². The van der Waals surface area contributed by atoms with Crippen molar-refractivity contribution in [3.63, 3.8) is 0 Å². The maximum Gasteiger partial charge on any atom is 0.269 e. The third-order valence-electron chi connectivity index (χ3n) is 4.76. The molecule has 1 heterocycles. The number of anilines is 1. The number of thiophene rings is 1. The van der Waals surface area contributed by atoms with E-state index in [1.807, 2.05) is 0 Å². The number of amides is 2. The molecule has 1 aromatic heterocycles. The topological polar surface area (TPSA) is 115 Å². The summed E-state index contributed by atoms with van der Waals surface area (Å²) in [7, 11) is 0. The minimum atomic E-state index is -0.545. The Bertz CT molecular complexity index is 873. The SMILES string of the molecule is CCC1CCc2c(sc(NC(=O)c3ccc([N+](=O)[O-])cc3)c2C(N)=O)C1. The molecule has 1 unspecified atom stereocenters. The van der Waals surface area contributed by atoms with Crippen LogP contribution in [0.4, 0.5) is 10.7 Å². The van der Waals surface area contributed by atoms with Gasteiger partial charge in [-0.15, -0.1) is 11.3 Å². The van der Waals surface area contributed by atoms with Gasteiger partial charge in [-0.05, 0) is 42.9 Å². The fraction of sp³-hybridized carbons (Fsp3) is 0.333. The van der Waals surface area contributed by atoms with Crippen LogP contribution in [0.5, 0.6) is 0 Å². The number of hydrogen-bond acceptors (Lipinski definition) is 5. The fourth-order valence-corrected chi connectivity index (χ4v) is 4.62. The Kier molecular flexibility index (Phi) is 5.03. The van der Waals surface area contributed by atoms with Crippen LogP contribution in [-0.2, 0) is 12.8 Å². The number of nitrogens with two attached hydrogens (primary N) is 1. The number of carbonyl (C=O) groups is 2. The van der Waals surface area contributed by atoms with Gasteiger partial charge in [0.05, 0.1) is 10.5 Å². The lowest BCUT2D eigenvalue weighted by molar-refractivity contribution is -0.384. The van der Waals surface area contributed by atoms with E-state index < -0.39 is 16.7 Å². The van der Waals surface area contributed by atoms with Gasteiger partial charge in [-0.25, -0.2) is 0 Å². The lowest BCUT2D eigenvalue weighted by Crippen LogP contribution is -2.19. The van der Waals surface area contributed by atoms with E-state index >= 15 is 0 Å². The number of non-ortho nitro benzene ring substituents is 1. The molecule has 2 amide bonds. The van der Waals surface area contributed by atoms with E-state index in [-0.39, 0.29) is 11.3 Å². The molecule has 2 aromatic rings. The van der Waals surface area contributed by atoms with E-state index in [0.29, 0.717) is 16.5 Å². The van der Waals surface area contributed by atoms with Gasteiger partial charge in [0.2, 0.25) is 0 Å². The van der Waals surface area contributed by atoms with Gasteiger partial charge in [0.1, 0.15) is 5.00 Å². The molecular weight excluding hydrogens is 354 g/mol. The highest BCUT2D eigenvalue weighted by atomic mass is 32.1. The van der Waals surface area contributed by atoms with E-state index in [2.05, 4.69) is 12.2 Å². The first kappa shape index (κ1) is 18.1. The monoisotopic (exact) mass is 373 g/mol. The van der Waals surface area contributed by atoms with Crippen LogP contribution in [0.3, 0.4) is 0 Å². The van der Waals surface area contributed by atoms with Gasteiger partial charge in [0.25, 0.3) is 17.5 Å². The number of nitrogens with zero attached hydrogens (tertiary/aromatic N) is 1. The molecule has 0 spiro atoms. The van der Waals surface area contributed by atoms with Gasteiger partial charge < -0.3 is 11.1 Å². The van der Waals surface area contributed by atoms with Gasteiger partial charge in [0.15, 0.2) is 0 Å². The Labute approximate surface area is 154 Å². The van der Waals surface area contributed by atoms with Crippen LogP contribution in [-0.4, -0.2) is 16.7 Å². The molecule has 0 bridgehead atoms. The number of nitro groups is 1. The maximum absolute atomic E-state index is 12.5. The molecule has 0 radical (unpaired) electrons. The molecular formula is C18H19N3O4S. The van der Waals surface area contributed by atoms with Crippen LogP contribution in [0.15, 0.2) is 24.3 Å². The summed E-state index contributed by atoms with van der Waals surface area (Å²) in [4.78, 5) is 35.7. The highest BCUT2D eigenvalue weighted by Crippen LogP contribution is 2.40. The number of carbonyl (C=O) groups excluding carboxylic acids is 2. The van der Waals surface area contributed by atoms with Gasteiger partial charge in [-0.2, -0.15) is 0 Å². The highest BCUT2D eigenvalue weighted by molar-refractivity contribution is 7.17. The predicted octanol–water partition coefficient (Wildman–Crippen LogP) is 3.52. The quantitative estimate of drug-likeness (QED) is 0.616. The first-order chi connectivity index (χ1) is 12.4. The highest BCUT2D eigenvalue weighted by Gasteiger charge is 2.28. The molecule has 1 aromatic carbocycles. The number of nitrogens with one attached hydrogen (secondary N) is 1. The molecule has 0 saturated heterocycles. The van der Waals surface area contributed by atoms with Crippen LogP contribution >= 0.6 is 11.3 Å². The average Bonchev–Trinajstić information content (AvgIpc) is 2.98. The van der Waals surface area contributed by atoms with Crippen molar-refractivity contribution in [2.75, 3.05) is 5.32 Å². The number of primary amides is 1. The number of hydrogen-bond donors (Lipinski definition) is 2. The molecule has 1 aliphatic carbocycles. The van der Waals surface area contributed by atoms with Crippen molar-refractivity contribution < 1.29 is 14.5 Å². The third-order valence-corrected chi connectivity index (χ3v) is 5.93. The molecule has 1 atom stereocenters. The number of fused-ring (bicyclic) bond motifs is 1. The normalized spacial score (nSPS) is 16.0. The number of rotatable bonds is 5. The summed E-state index contributed by atoms with van der Waals surface area (Å²) in [6.45, 7) is 2.15. The summed E-state index contributed by atoms with van der Waals surface area (Å²) in [5, 5.41) is 13.9. The molecule has 3 N–H and O–H groups in total. The van der Waals surface area contributed by atoms with Crippen molar-refractivity contribution >= 4 is 33.8 Å². The van der Waals surface area contributed by atoms with E-state index in [4.69, 9.17) is 5.73 Å². The van der Waals surface area contributed by atoms with Crippen molar-refractivity contribution in [2.24, 2.45) is 11.7 Å². The molecule has 7 nitrogen and oxygen atoms in total. The Hall–Kier alpha value is -2.74. The molecule has 0 fully saturated rings. The van der Waals surface area contributed by atoms with E-state index in [0.717, 1.165) is 36.1 Å². The summed E-state index contributed by atoms with van der Waals surface area (Å²) in [6.07, 6.45) is 3.77.